The first-order valence-electron chi connectivity index (χ1n) is 6.70. The summed E-state index contributed by atoms with van der Waals surface area (Å²) in [5.74, 6) is -0.120. The van der Waals surface area contributed by atoms with Crippen LogP contribution in [0.5, 0.6) is 5.75 Å². The van der Waals surface area contributed by atoms with Gasteiger partial charge in [-0.3, -0.25) is 0 Å². The number of ether oxygens (including phenoxy) is 1. The number of para-hydroxylation sites is 1. The summed E-state index contributed by atoms with van der Waals surface area (Å²) in [6.45, 7) is 2.53. The van der Waals surface area contributed by atoms with Crippen LogP contribution >= 0.6 is 0 Å². The van der Waals surface area contributed by atoms with Crippen LogP contribution in [0.1, 0.15) is 21.5 Å². The van der Waals surface area contributed by atoms with Gasteiger partial charge in [-0.15, -0.1) is 0 Å². The third-order valence-electron chi connectivity index (χ3n) is 3.39. The molecule has 0 saturated carbocycles. The van der Waals surface area contributed by atoms with Crippen LogP contribution in [0.2, 0.25) is 0 Å². The normalized spacial score (nSPS) is 10.2. The van der Waals surface area contributed by atoms with Gasteiger partial charge in [0.2, 0.25) is 0 Å². The molecule has 0 amide bonds. The minimum absolute atomic E-state index is 0.304. The van der Waals surface area contributed by atoms with E-state index in [1.54, 1.807) is 13.2 Å². The Labute approximate surface area is 124 Å². The van der Waals surface area contributed by atoms with Crippen molar-refractivity contribution in [1.29, 1.82) is 0 Å². The summed E-state index contributed by atoms with van der Waals surface area (Å²) in [7, 11) is 3.52. The summed E-state index contributed by atoms with van der Waals surface area (Å²) in [5.41, 5.74) is 3.05. The maximum atomic E-state index is 11.4. The Morgan fingerprint density at radius 3 is 2.62 bits per heavy atom. The molecule has 2 aromatic carbocycles. The molecule has 2 rings (SSSR count). The predicted octanol–water partition coefficient (Wildman–Crippen LogP) is 3.34. The lowest BCUT2D eigenvalue weighted by molar-refractivity contribution is 0.0697. The van der Waals surface area contributed by atoms with Crippen LogP contribution in [0.25, 0.3) is 0 Å². The lowest BCUT2D eigenvalue weighted by Gasteiger charge is -2.23. The standard InChI is InChI=1S/C17H19NO3/c1-12-8-9-14(17(19)20)15(10-12)18(2)11-13-6-4-5-7-16(13)21-3/h4-10H,11H2,1-3H3,(H,19,20). The highest BCUT2D eigenvalue weighted by Crippen LogP contribution is 2.25. The highest BCUT2D eigenvalue weighted by Gasteiger charge is 2.15. The number of rotatable bonds is 5. The zero-order chi connectivity index (χ0) is 15.4. The van der Waals surface area contributed by atoms with Crippen molar-refractivity contribution < 1.29 is 14.6 Å². The van der Waals surface area contributed by atoms with Crippen LogP contribution < -0.4 is 9.64 Å². The summed E-state index contributed by atoms with van der Waals surface area (Å²) in [5, 5.41) is 9.32. The molecular weight excluding hydrogens is 266 g/mol. The van der Waals surface area contributed by atoms with Crippen molar-refractivity contribution in [2.45, 2.75) is 13.5 Å². The van der Waals surface area contributed by atoms with Gasteiger partial charge in [-0.2, -0.15) is 0 Å². The summed E-state index contributed by atoms with van der Waals surface area (Å²) < 4.78 is 5.34. The Hall–Kier alpha value is -2.49. The molecule has 0 heterocycles. The van der Waals surface area contributed by atoms with E-state index in [0.29, 0.717) is 17.8 Å². The van der Waals surface area contributed by atoms with E-state index >= 15 is 0 Å². The highest BCUT2D eigenvalue weighted by atomic mass is 16.5. The van der Waals surface area contributed by atoms with Gasteiger partial charge in [0.25, 0.3) is 0 Å². The number of carbonyl (C=O) groups is 1. The maximum absolute atomic E-state index is 11.4. The van der Waals surface area contributed by atoms with Gasteiger partial charge in [-0.05, 0) is 30.7 Å². The van der Waals surface area contributed by atoms with Gasteiger partial charge in [0.1, 0.15) is 5.75 Å². The number of methoxy groups -OCH3 is 1. The Morgan fingerprint density at radius 2 is 1.95 bits per heavy atom. The molecule has 4 nitrogen and oxygen atoms in total. The van der Waals surface area contributed by atoms with Gasteiger partial charge < -0.3 is 14.7 Å². The van der Waals surface area contributed by atoms with E-state index in [2.05, 4.69) is 0 Å². The van der Waals surface area contributed by atoms with Crippen molar-refractivity contribution in [3.8, 4) is 5.75 Å². The average molecular weight is 285 g/mol. The topological polar surface area (TPSA) is 49.8 Å². The monoisotopic (exact) mass is 285 g/mol. The van der Waals surface area contributed by atoms with Crippen LogP contribution in [0, 0.1) is 6.92 Å². The van der Waals surface area contributed by atoms with E-state index in [4.69, 9.17) is 4.74 Å². The molecule has 2 aromatic rings. The lowest BCUT2D eigenvalue weighted by Crippen LogP contribution is -2.20. The number of hydrogen-bond acceptors (Lipinski definition) is 3. The van der Waals surface area contributed by atoms with E-state index in [0.717, 1.165) is 16.9 Å². The van der Waals surface area contributed by atoms with Gasteiger partial charge in [0.05, 0.1) is 18.4 Å². The highest BCUT2D eigenvalue weighted by molar-refractivity contribution is 5.94. The fraction of sp³-hybridized carbons (Fsp3) is 0.235. The third kappa shape index (κ3) is 3.34. The molecule has 0 aliphatic carbocycles. The Bertz CT molecular complexity index is 652. The molecule has 21 heavy (non-hydrogen) atoms. The molecule has 0 aromatic heterocycles. The van der Waals surface area contributed by atoms with Crippen LogP contribution in [0.15, 0.2) is 42.5 Å². The van der Waals surface area contributed by atoms with E-state index in [1.807, 2.05) is 55.3 Å². The van der Waals surface area contributed by atoms with Crippen LogP contribution in [0.4, 0.5) is 5.69 Å². The van der Waals surface area contributed by atoms with Crippen LogP contribution in [-0.2, 0) is 6.54 Å². The van der Waals surface area contributed by atoms with Crippen molar-refractivity contribution in [1.82, 2.24) is 0 Å². The van der Waals surface area contributed by atoms with Crippen molar-refractivity contribution >= 4 is 11.7 Å². The van der Waals surface area contributed by atoms with Crippen molar-refractivity contribution in [2.75, 3.05) is 19.1 Å². The molecule has 0 fully saturated rings. The van der Waals surface area contributed by atoms with Gasteiger partial charge in [0, 0.05) is 19.2 Å². The molecule has 4 heteroatoms. The van der Waals surface area contributed by atoms with Gasteiger partial charge in [-0.1, -0.05) is 24.3 Å². The first-order chi connectivity index (χ1) is 10.0. The number of benzene rings is 2. The van der Waals surface area contributed by atoms with Crippen molar-refractivity contribution in [3.05, 3.63) is 59.2 Å². The summed E-state index contributed by atoms with van der Waals surface area (Å²) >= 11 is 0. The summed E-state index contributed by atoms with van der Waals surface area (Å²) in [6, 6.07) is 13.1. The number of anilines is 1. The molecule has 1 N–H and O–H groups in total. The van der Waals surface area contributed by atoms with Crippen molar-refractivity contribution in [2.24, 2.45) is 0 Å². The largest absolute Gasteiger partial charge is 0.496 e. The number of nitrogens with zero attached hydrogens (tertiary/aromatic N) is 1. The molecule has 0 unspecified atom stereocenters. The number of hydrogen-bond donors (Lipinski definition) is 1. The fourth-order valence-corrected chi connectivity index (χ4v) is 2.31. The molecule has 0 bridgehead atoms. The molecule has 0 aliphatic rings. The quantitative estimate of drug-likeness (QED) is 0.915. The van der Waals surface area contributed by atoms with E-state index in [-0.39, 0.29) is 0 Å². The Balaban J connectivity index is 2.34. The number of carboxylic acid groups (broad SMARTS) is 1. The molecule has 0 saturated heterocycles. The summed E-state index contributed by atoms with van der Waals surface area (Å²) in [4.78, 5) is 13.3. The second-order valence-corrected chi connectivity index (χ2v) is 4.99. The van der Waals surface area contributed by atoms with Crippen molar-refractivity contribution in [3.63, 3.8) is 0 Å². The fourth-order valence-electron chi connectivity index (χ4n) is 2.31. The zero-order valence-corrected chi connectivity index (χ0v) is 12.5. The second kappa shape index (κ2) is 6.31. The third-order valence-corrected chi connectivity index (χ3v) is 3.39. The summed E-state index contributed by atoms with van der Waals surface area (Å²) in [6.07, 6.45) is 0. The minimum atomic E-state index is -0.920. The van der Waals surface area contributed by atoms with Crippen LogP contribution in [0.3, 0.4) is 0 Å². The van der Waals surface area contributed by atoms with E-state index < -0.39 is 5.97 Å². The molecule has 0 radical (unpaired) electrons. The molecule has 0 atom stereocenters. The minimum Gasteiger partial charge on any atom is -0.496 e. The average Bonchev–Trinajstić information content (AvgIpc) is 2.47. The maximum Gasteiger partial charge on any atom is 0.337 e. The van der Waals surface area contributed by atoms with Gasteiger partial charge in [0.15, 0.2) is 0 Å². The SMILES string of the molecule is COc1ccccc1CN(C)c1cc(C)ccc1C(=O)O. The smallest absolute Gasteiger partial charge is 0.337 e. The predicted molar refractivity (Wildman–Crippen MR) is 83.2 cm³/mol. The van der Waals surface area contributed by atoms with Crippen LogP contribution in [-0.4, -0.2) is 25.2 Å². The van der Waals surface area contributed by atoms with Gasteiger partial charge in [-0.25, -0.2) is 4.79 Å². The van der Waals surface area contributed by atoms with E-state index in [1.165, 1.54) is 0 Å². The molecular formula is C17H19NO3. The first kappa shape index (κ1) is 14.9. The molecule has 0 aliphatic heterocycles. The number of carboxylic acids is 1. The zero-order valence-electron chi connectivity index (χ0n) is 12.5. The molecule has 110 valence electrons. The van der Waals surface area contributed by atoms with E-state index in [9.17, 15) is 9.90 Å². The molecule has 0 spiro atoms. The number of aryl methyl sites for hydroxylation is 1. The van der Waals surface area contributed by atoms with Gasteiger partial charge >= 0.3 is 5.97 Å². The second-order valence-electron chi connectivity index (χ2n) is 4.99. The lowest BCUT2D eigenvalue weighted by atomic mass is 10.1. The Morgan fingerprint density at radius 1 is 1.24 bits per heavy atom. The Kier molecular flexibility index (Phi) is 4.48. The number of aromatic carboxylic acids is 1. The first-order valence-corrected chi connectivity index (χ1v) is 6.70.